The number of hydrogen-bond acceptors (Lipinski definition) is 3. The Balaban J connectivity index is 1.23. The van der Waals surface area contributed by atoms with Gasteiger partial charge in [-0.05, 0) is 113 Å². The minimum atomic E-state index is -0.508. The van der Waals surface area contributed by atoms with Gasteiger partial charge in [0.15, 0.2) is 11.6 Å². The van der Waals surface area contributed by atoms with Gasteiger partial charge >= 0.3 is 5.97 Å². The van der Waals surface area contributed by atoms with Crippen molar-refractivity contribution in [1.29, 1.82) is 0 Å². The van der Waals surface area contributed by atoms with Crippen molar-refractivity contribution in [3.63, 3.8) is 0 Å². The molecule has 0 bridgehead atoms. The van der Waals surface area contributed by atoms with E-state index in [2.05, 4.69) is 12.7 Å². The van der Waals surface area contributed by atoms with Gasteiger partial charge in [0.05, 0.1) is 5.92 Å². The average Bonchev–Trinajstić information content (AvgIpc) is 2.85. The molecule has 33 heavy (non-hydrogen) atoms. The largest absolute Gasteiger partial charge is 0.486 e. The van der Waals surface area contributed by atoms with Crippen molar-refractivity contribution < 1.29 is 18.7 Å². The van der Waals surface area contributed by atoms with E-state index in [1.807, 2.05) is 19.1 Å². The molecule has 0 spiro atoms. The lowest BCUT2D eigenvalue weighted by molar-refractivity contribution is -0.140. The maximum atomic E-state index is 14.2. The van der Waals surface area contributed by atoms with Crippen LogP contribution in [0.3, 0.4) is 0 Å². The average molecular weight is 455 g/mol. The number of allylic oxidation sites excluding steroid dienone is 2. The van der Waals surface area contributed by atoms with Gasteiger partial charge in [-0.25, -0.2) is 4.39 Å². The standard InChI is InChI=1S/C29H39FO3/c1-3-5-16-32-28-15-14-26(19-27(28)30)33-29(31)22-10-8-21(9-11-22)24-13-12-23-17-20(4-2)6-7-25(23)18-24/h3-5,14-15,19-25H,2,6-13,16-18H2,1H3/b5-3+. The van der Waals surface area contributed by atoms with Crippen molar-refractivity contribution in [1.82, 2.24) is 0 Å². The van der Waals surface area contributed by atoms with Gasteiger partial charge in [0.1, 0.15) is 12.4 Å². The molecule has 0 amide bonds. The minimum absolute atomic E-state index is 0.0747. The van der Waals surface area contributed by atoms with E-state index in [1.165, 1.54) is 50.7 Å². The van der Waals surface area contributed by atoms with Crippen LogP contribution in [0, 0.1) is 41.3 Å². The second-order valence-corrected chi connectivity index (χ2v) is 10.4. The number of fused-ring (bicyclic) bond motifs is 1. The SMILES string of the molecule is C=CC1CCC2CC(C3CCC(C(=O)Oc4ccc(OC/C=C/C)c(F)c4)CC3)CCC2C1. The summed E-state index contributed by atoms with van der Waals surface area (Å²) in [5.74, 6) is 3.74. The lowest BCUT2D eigenvalue weighted by atomic mass is 9.61. The molecule has 0 heterocycles. The van der Waals surface area contributed by atoms with Crippen LogP contribution >= 0.6 is 0 Å². The van der Waals surface area contributed by atoms with Crippen LogP contribution in [0.25, 0.3) is 0 Å². The van der Waals surface area contributed by atoms with Crippen molar-refractivity contribution >= 4 is 5.97 Å². The van der Waals surface area contributed by atoms with Crippen molar-refractivity contribution in [3.05, 3.63) is 48.8 Å². The van der Waals surface area contributed by atoms with E-state index in [0.717, 1.165) is 55.3 Å². The molecule has 4 unspecified atom stereocenters. The van der Waals surface area contributed by atoms with Gasteiger partial charge < -0.3 is 9.47 Å². The fourth-order valence-corrected chi connectivity index (χ4v) is 6.53. The Morgan fingerprint density at radius 1 is 1.00 bits per heavy atom. The molecule has 3 aliphatic carbocycles. The zero-order valence-corrected chi connectivity index (χ0v) is 20.0. The molecule has 3 saturated carbocycles. The summed E-state index contributed by atoms with van der Waals surface area (Å²) in [6.07, 6.45) is 18.0. The molecule has 1 aromatic rings. The van der Waals surface area contributed by atoms with E-state index in [4.69, 9.17) is 9.47 Å². The molecule has 4 atom stereocenters. The summed E-state index contributed by atoms with van der Waals surface area (Å²) >= 11 is 0. The van der Waals surface area contributed by atoms with Gasteiger partial charge in [0.25, 0.3) is 0 Å². The molecule has 3 aliphatic rings. The molecule has 0 aromatic heterocycles. The monoisotopic (exact) mass is 454 g/mol. The first-order valence-corrected chi connectivity index (χ1v) is 12.9. The highest BCUT2D eigenvalue weighted by Gasteiger charge is 2.39. The van der Waals surface area contributed by atoms with E-state index in [0.29, 0.717) is 6.61 Å². The Morgan fingerprint density at radius 2 is 1.67 bits per heavy atom. The van der Waals surface area contributed by atoms with E-state index in [9.17, 15) is 9.18 Å². The number of esters is 1. The first-order chi connectivity index (χ1) is 16.1. The third kappa shape index (κ3) is 6.07. The summed E-state index contributed by atoms with van der Waals surface area (Å²) in [6, 6.07) is 4.38. The summed E-state index contributed by atoms with van der Waals surface area (Å²) in [5, 5.41) is 0. The predicted molar refractivity (Wildman–Crippen MR) is 130 cm³/mol. The quantitative estimate of drug-likeness (QED) is 0.243. The van der Waals surface area contributed by atoms with Crippen LogP contribution in [0.5, 0.6) is 11.5 Å². The predicted octanol–water partition coefficient (Wildman–Crippen LogP) is 7.51. The van der Waals surface area contributed by atoms with Gasteiger partial charge in [-0.3, -0.25) is 4.79 Å². The van der Waals surface area contributed by atoms with E-state index < -0.39 is 5.82 Å². The van der Waals surface area contributed by atoms with Crippen LogP contribution in [0.2, 0.25) is 0 Å². The molecule has 1 aromatic carbocycles. The molecule has 0 N–H and O–H groups in total. The zero-order chi connectivity index (χ0) is 23.2. The second kappa shape index (κ2) is 11.4. The maximum Gasteiger partial charge on any atom is 0.314 e. The topological polar surface area (TPSA) is 35.5 Å². The highest BCUT2D eigenvalue weighted by Crippen LogP contribution is 2.49. The normalized spacial score (nSPS) is 32.2. The number of carbonyl (C=O) groups is 1. The fraction of sp³-hybridized carbons (Fsp3) is 0.621. The van der Waals surface area contributed by atoms with Crippen LogP contribution in [-0.4, -0.2) is 12.6 Å². The van der Waals surface area contributed by atoms with Crippen molar-refractivity contribution in [2.45, 2.75) is 71.1 Å². The van der Waals surface area contributed by atoms with Crippen LogP contribution in [0.1, 0.15) is 71.1 Å². The number of rotatable bonds is 7. The third-order valence-corrected chi connectivity index (χ3v) is 8.49. The molecule has 180 valence electrons. The number of carbonyl (C=O) groups excluding carboxylic acids is 1. The third-order valence-electron chi connectivity index (χ3n) is 8.49. The van der Waals surface area contributed by atoms with Crippen LogP contribution in [0.4, 0.5) is 4.39 Å². The summed E-state index contributed by atoms with van der Waals surface area (Å²) < 4.78 is 25.1. The number of ether oxygens (including phenoxy) is 2. The van der Waals surface area contributed by atoms with Gasteiger partial charge in [0, 0.05) is 6.07 Å². The Labute approximate surface area is 198 Å². The Hall–Kier alpha value is -2.10. The highest BCUT2D eigenvalue weighted by atomic mass is 19.1. The molecule has 0 radical (unpaired) electrons. The minimum Gasteiger partial charge on any atom is -0.486 e. The van der Waals surface area contributed by atoms with Crippen molar-refractivity contribution in [2.24, 2.45) is 35.5 Å². The Kier molecular flexibility index (Phi) is 8.27. The molecular weight excluding hydrogens is 415 g/mol. The van der Waals surface area contributed by atoms with Gasteiger partial charge in [-0.2, -0.15) is 0 Å². The van der Waals surface area contributed by atoms with E-state index >= 15 is 0 Å². The Morgan fingerprint density at radius 3 is 2.36 bits per heavy atom. The molecule has 3 fully saturated rings. The molecule has 4 rings (SSSR count). The first-order valence-electron chi connectivity index (χ1n) is 12.9. The molecule has 0 saturated heterocycles. The fourth-order valence-electron chi connectivity index (χ4n) is 6.53. The smallest absolute Gasteiger partial charge is 0.314 e. The summed E-state index contributed by atoms with van der Waals surface area (Å²) in [6.45, 7) is 6.21. The molecule has 0 aliphatic heterocycles. The van der Waals surface area contributed by atoms with E-state index in [-0.39, 0.29) is 23.4 Å². The van der Waals surface area contributed by atoms with Crippen LogP contribution in [-0.2, 0) is 4.79 Å². The summed E-state index contributed by atoms with van der Waals surface area (Å²) in [5.41, 5.74) is 0. The van der Waals surface area contributed by atoms with Gasteiger partial charge in [-0.15, -0.1) is 6.58 Å². The van der Waals surface area contributed by atoms with Crippen LogP contribution in [0.15, 0.2) is 43.0 Å². The lowest BCUT2D eigenvalue weighted by Crippen LogP contribution is -2.35. The number of benzene rings is 1. The number of hydrogen-bond donors (Lipinski definition) is 0. The first kappa shape index (κ1) is 24.0. The summed E-state index contributed by atoms with van der Waals surface area (Å²) in [7, 11) is 0. The Bertz CT molecular complexity index is 839. The lowest BCUT2D eigenvalue weighted by Gasteiger charge is -2.45. The van der Waals surface area contributed by atoms with Crippen LogP contribution < -0.4 is 9.47 Å². The van der Waals surface area contributed by atoms with Crippen molar-refractivity contribution in [2.75, 3.05) is 6.61 Å². The number of halogens is 1. The molecular formula is C29H39FO3. The maximum absolute atomic E-state index is 14.2. The molecule has 3 nitrogen and oxygen atoms in total. The summed E-state index contributed by atoms with van der Waals surface area (Å²) in [4.78, 5) is 12.7. The van der Waals surface area contributed by atoms with E-state index in [1.54, 1.807) is 6.07 Å². The zero-order valence-electron chi connectivity index (χ0n) is 20.0. The van der Waals surface area contributed by atoms with Gasteiger partial charge in [-0.1, -0.05) is 18.2 Å². The van der Waals surface area contributed by atoms with Crippen molar-refractivity contribution in [3.8, 4) is 11.5 Å². The van der Waals surface area contributed by atoms with Gasteiger partial charge in [0.2, 0.25) is 0 Å². The second-order valence-electron chi connectivity index (χ2n) is 10.4. The highest BCUT2D eigenvalue weighted by molar-refractivity contribution is 5.75. The molecule has 4 heteroatoms.